The predicted molar refractivity (Wildman–Crippen MR) is 108 cm³/mol. The van der Waals surface area contributed by atoms with E-state index >= 15 is 0 Å². The van der Waals surface area contributed by atoms with Gasteiger partial charge in [0.2, 0.25) is 10.0 Å². The number of carbonyl (C=O) groups excluding carboxylic acids is 1. The minimum absolute atomic E-state index is 0.0250. The summed E-state index contributed by atoms with van der Waals surface area (Å²) in [6.07, 6.45) is 0. The van der Waals surface area contributed by atoms with Crippen molar-refractivity contribution in [2.24, 2.45) is 5.14 Å². The number of nitrogens with one attached hydrogen (secondary N) is 1. The third-order valence-electron chi connectivity index (χ3n) is 4.31. The van der Waals surface area contributed by atoms with E-state index in [1.807, 2.05) is 44.2 Å². The molecule has 7 nitrogen and oxygen atoms in total. The van der Waals surface area contributed by atoms with Gasteiger partial charge in [-0.25, -0.2) is 18.2 Å². The van der Waals surface area contributed by atoms with Gasteiger partial charge in [0.25, 0.3) is 5.91 Å². The second-order valence-electron chi connectivity index (χ2n) is 6.84. The first-order valence-electron chi connectivity index (χ1n) is 8.77. The number of carbonyl (C=O) groups is 1. The minimum Gasteiger partial charge on any atom is -0.321 e. The average molecular weight is 398 g/mol. The van der Waals surface area contributed by atoms with E-state index in [0.29, 0.717) is 11.3 Å². The summed E-state index contributed by atoms with van der Waals surface area (Å²) in [7, 11) is -3.88. The maximum absolute atomic E-state index is 12.7. The first kappa shape index (κ1) is 19.8. The molecule has 1 amide bonds. The molecule has 0 radical (unpaired) electrons. The molecule has 0 aliphatic rings. The van der Waals surface area contributed by atoms with Crippen molar-refractivity contribution in [2.75, 3.05) is 5.32 Å². The van der Waals surface area contributed by atoms with Gasteiger partial charge in [-0.1, -0.05) is 38.1 Å². The smallest absolute Gasteiger partial charge is 0.276 e. The average Bonchev–Trinajstić information content (AvgIpc) is 3.09. The van der Waals surface area contributed by atoms with Crippen LogP contribution in [0.15, 0.2) is 59.5 Å². The molecule has 3 N–H and O–H groups in total. The Morgan fingerprint density at radius 3 is 2.39 bits per heavy atom. The van der Waals surface area contributed by atoms with Crippen LogP contribution in [0, 0.1) is 6.92 Å². The molecular formula is C20H22N4O3S. The lowest BCUT2D eigenvalue weighted by Crippen LogP contribution is -2.16. The number of rotatable bonds is 5. The van der Waals surface area contributed by atoms with Gasteiger partial charge in [-0.15, -0.1) is 0 Å². The molecule has 0 fully saturated rings. The molecule has 0 bridgehead atoms. The Bertz CT molecular complexity index is 1120. The van der Waals surface area contributed by atoms with Gasteiger partial charge in [-0.3, -0.25) is 4.79 Å². The van der Waals surface area contributed by atoms with Crippen molar-refractivity contribution in [3.8, 4) is 5.69 Å². The number of nitrogens with zero attached hydrogens (tertiary/aromatic N) is 2. The zero-order valence-electron chi connectivity index (χ0n) is 15.9. The fourth-order valence-corrected chi connectivity index (χ4v) is 3.68. The van der Waals surface area contributed by atoms with Gasteiger partial charge in [-0.05, 0) is 48.7 Å². The summed E-state index contributed by atoms with van der Waals surface area (Å²) < 4.78 is 25.1. The third kappa shape index (κ3) is 4.13. The van der Waals surface area contributed by atoms with E-state index in [1.54, 1.807) is 29.8 Å². The molecule has 1 aromatic heterocycles. The van der Waals surface area contributed by atoms with Crippen LogP contribution in [0.2, 0.25) is 0 Å². The Morgan fingerprint density at radius 2 is 1.79 bits per heavy atom. The molecule has 0 aliphatic carbocycles. The highest BCUT2D eigenvalue weighted by Gasteiger charge is 2.19. The number of nitrogens with two attached hydrogens (primary N) is 1. The first-order valence-corrected chi connectivity index (χ1v) is 10.3. The Balaban J connectivity index is 1.94. The molecule has 0 atom stereocenters. The van der Waals surface area contributed by atoms with E-state index in [4.69, 9.17) is 5.14 Å². The number of para-hydroxylation sites is 1. The summed E-state index contributed by atoms with van der Waals surface area (Å²) in [5, 5.41) is 12.4. The standard InChI is InChI=1S/C20H22N4O3S/c1-13(2)18-12-17(23-24(18)16-7-5-4-6-8-16)20(25)22-15-10-9-14(3)19(11-15)28(21,26)27/h4-13H,1-3H3,(H,22,25)(H2,21,26,27). The summed E-state index contributed by atoms with van der Waals surface area (Å²) in [5.74, 6) is -0.275. The van der Waals surface area contributed by atoms with Gasteiger partial charge < -0.3 is 5.32 Å². The van der Waals surface area contributed by atoms with E-state index in [1.165, 1.54) is 6.07 Å². The van der Waals surface area contributed by atoms with Gasteiger partial charge in [0.15, 0.2) is 5.69 Å². The van der Waals surface area contributed by atoms with Crippen LogP contribution in [0.4, 0.5) is 5.69 Å². The molecule has 0 aliphatic heterocycles. The molecule has 0 unspecified atom stereocenters. The Labute approximate surface area is 164 Å². The summed E-state index contributed by atoms with van der Waals surface area (Å²) in [4.78, 5) is 12.7. The monoisotopic (exact) mass is 398 g/mol. The van der Waals surface area contributed by atoms with E-state index in [9.17, 15) is 13.2 Å². The van der Waals surface area contributed by atoms with E-state index in [2.05, 4.69) is 10.4 Å². The maximum atomic E-state index is 12.7. The fraction of sp³-hybridized carbons (Fsp3) is 0.200. The number of aryl methyl sites for hydroxylation is 1. The molecule has 0 spiro atoms. The molecule has 3 aromatic rings. The van der Waals surface area contributed by atoms with Crippen LogP contribution in [0.1, 0.15) is 41.5 Å². The molecular weight excluding hydrogens is 376 g/mol. The lowest BCUT2D eigenvalue weighted by atomic mass is 10.1. The quantitative estimate of drug-likeness (QED) is 0.688. The van der Waals surface area contributed by atoms with Gasteiger partial charge in [0, 0.05) is 11.4 Å². The zero-order valence-corrected chi connectivity index (χ0v) is 16.7. The van der Waals surface area contributed by atoms with Crippen LogP contribution < -0.4 is 10.5 Å². The summed E-state index contributed by atoms with van der Waals surface area (Å²) >= 11 is 0. The molecule has 146 valence electrons. The van der Waals surface area contributed by atoms with Crippen LogP contribution in [0.3, 0.4) is 0 Å². The Morgan fingerprint density at radius 1 is 1.11 bits per heavy atom. The molecule has 0 saturated carbocycles. The summed E-state index contributed by atoms with van der Waals surface area (Å²) in [5.41, 5.74) is 2.84. The minimum atomic E-state index is -3.88. The van der Waals surface area contributed by atoms with Crippen LogP contribution in [0.25, 0.3) is 5.69 Å². The Kier molecular flexibility index (Phi) is 5.35. The highest BCUT2D eigenvalue weighted by Crippen LogP contribution is 2.22. The van der Waals surface area contributed by atoms with Crippen molar-refractivity contribution in [3.63, 3.8) is 0 Å². The van der Waals surface area contributed by atoms with Gasteiger partial charge in [-0.2, -0.15) is 5.10 Å². The normalized spacial score (nSPS) is 11.6. The number of aromatic nitrogens is 2. The second kappa shape index (κ2) is 7.57. The lowest BCUT2D eigenvalue weighted by molar-refractivity contribution is 0.102. The topological polar surface area (TPSA) is 107 Å². The van der Waals surface area contributed by atoms with Crippen molar-refractivity contribution < 1.29 is 13.2 Å². The number of primary sulfonamides is 1. The highest BCUT2D eigenvalue weighted by molar-refractivity contribution is 7.89. The van der Waals surface area contributed by atoms with Gasteiger partial charge in [0.1, 0.15) is 0 Å². The molecule has 1 heterocycles. The van der Waals surface area contributed by atoms with Gasteiger partial charge >= 0.3 is 0 Å². The molecule has 3 rings (SSSR count). The first-order chi connectivity index (χ1) is 13.2. The Hall–Kier alpha value is -2.97. The summed E-state index contributed by atoms with van der Waals surface area (Å²) in [6, 6.07) is 15.9. The lowest BCUT2D eigenvalue weighted by Gasteiger charge is -2.09. The van der Waals surface area contributed by atoms with Crippen LogP contribution in [-0.2, 0) is 10.0 Å². The van der Waals surface area contributed by atoms with Crippen molar-refractivity contribution in [2.45, 2.75) is 31.6 Å². The third-order valence-corrected chi connectivity index (χ3v) is 5.37. The largest absolute Gasteiger partial charge is 0.321 e. The van der Waals surface area contributed by atoms with Crippen molar-refractivity contribution >= 4 is 21.6 Å². The highest BCUT2D eigenvalue weighted by atomic mass is 32.2. The zero-order chi connectivity index (χ0) is 20.5. The number of hydrogen-bond donors (Lipinski definition) is 2. The van der Waals surface area contributed by atoms with Crippen molar-refractivity contribution in [3.05, 3.63) is 71.5 Å². The molecule has 8 heteroatoms. The van der Waals surface area contributed by atoms with Crippen molar-refractivity contribution in [1.82, 2.24) is 9.78 Å². The van der Waals surface area contributed by atoms with Gasteiger partial charge in [0.05, 0.1) is 10.6 Å². The van der Waals surface area contributed by atoms with Crippen molar-refractivity contribution in [1.29, 1.82) is 0 Å². The van der Waals surface area contributed by atoms with E-state index in [-0.39, 0.29) is 16.5 Å². The number of anilines is 1. The van der Waals surface area contributed by atoms with Crippen LogP contribution in [0.5, 0.6) is 0 Å². The number of amides is 1. The van der Waals surface area contributed by atoms with E-state index < -0.39 is 15.9 Å². The second-order valence-corrected chi connectivity index (χ2v) is 8.37. The number of sulfonamides is 1. The van der Waals surface area contributed by atoms with Crippen LogP contribution >= 0.6 is 0 Å². The molecule has 28 heavy (non-hydrogen) atoms. The molecule has 2 aromatic carbocycles. The molecule has 0 saturated heterocycles. The summed E-state index contributed by atoms with van der Waals surface area (Å²) in [6.45, 7) is 5.69. The SMILES string of the molecule is Cc1ccc(NC(=O)c2cc(C(C)C)n(-c3ccccc3)n2)cc1S(N)(=O)=O. The maximum Gasteiger partial charge on any atom is 0.276 e. The number of hydrogen-bond acceptors (Lipinski definition) is 4. The fourth-order valence-electron chi connectivity index (χ4n) is 2.87. The van der Waals surface area contributed by atoms with E-state index in [0.717, 1.165) is 11.4 Å². The predicted octanol–water partition coefficient (Wildman–Crippen LogP) is 3.20. The van der Waals surface area contributed by atoms with Crippen LogP contribution in [-0.4, -0.2) is 24.1 Å². The number of benzene rings is 2.